The number of H-pyrrole nitrogens is 1. The molecule has 0 amide bonds. The Morgan fingerprint density at radius 3 is 2.37 bits per heavy atom. The number of para-hydroxylation sites is 1. The van der Waals surface area contributed by atoms with Crippen LogP contribution in [0.4, 0.5) is 0 Å². The van der Waals surface area contributed by atoms with E-state index in [-0.39, 0.29) is 0 Å². The predicted molar refractivity (Wildman–Crippen MR) is 78.2 cm³/mol. The SMILES string of the molecule is COc1ccccc1-c1cc(-c2ccccc2)c[nH]1. The van der Waals surface area contributed by atoms with Gasteiger partial charge >= 0.3 is 0 Å². The summed E-state index contributed by atoms with van der Waals surface area (Å²) in [4.78, 5) is 3.32. The van der Waals surface area contributed by atoms with Crippen LogP contribution >= 0.6 is 0 Å². The molecule has 0 fully saturated rings. The Kier molecular flexibility index (Phi) is 3.07. The summed E-state index contributed by atoms with van der Waals surface area (Å²) >= 11 is 0. The molecule has 0 radical (unpaired) electrons. The van der Waals surface area contributed by atoms with Crippen LogP contribution in [0.2, 0.25) is 0 Å². The molecule has 1 aromatic heterocycles. The molecule has 0 unspecified atom stereocenters. The van der Waals surface area contributed by atoms with Crippen molar-refractivity contribution in [1.29, 1.82) is 0 Å². The van der Waals surface area contributed by atoms with Crippen molar-refractivity contribution in [3.63, 3.8) is 0 Å². The van der Waals surface area contributed by atoms with Gasteiger partial charge in [0.25, 0.3) is 0 Å². The molecular weight excluding hydrogens is 234 g/mol. The summed E-state index contributed by atoms with van der Waals surface area (Å²) < 4.78 is 5.39. The third-order valence-corrected chi connectivity index (χ3v) is 3.19. The maximum Gasteiger partial charge on any atom is 0.128 e. The van der Waals surface area contributed by atoms with E-state index < -0.39 is 0 Å². The largest absolute Gasteiger partial charge is 0.496 e. The van der Waals surface area contributed by atoms with Crippen LogP contribution in [0.1, 0.15) is 0 Å². The molecule has 2 heteroatoms. The molecule has 3 aromatic rings. The average molecular weight is 249 g/mol. The van der Waals surface area contributed by atoms with Crippen molar-refractivity contribution in [3.05, 3.63) is 66.9 Å². The van der Waals surface area contributed by atoms with E-state index in [2.05, 4.69) is 29.2 Å². The first kappa shape index (κ1) is 11.6. The van der Waals surface area contributed by atoms with Crippen molar-refractivity contribution in [2.24, 2.45) is 0 Å². The number of rotatable bonds is 3. The van der Waals surface area contributed by atoms with E-state index in [9.17, 15) is 0 Å². The minimum Gasteiger partial charge on any atom is -0.496 e. The standard InChI is InChI=1S/C17H15NO/c1-19-17-10-6-5-9-15(17)16-11-14(12-18-16)13-7-3-2-4-8-13/h2-12,18H,1H3. The molecule has 2 aromatic carbocycles. The van der Waals surface area contributed by atoms with E-state index >= 15 is 0 Å². The van der Waals surface area contributed by atoms with Crippen molar-refractivity contribution in [3.8, 4) is 28.1 Å². The summed E-state index contributed by atoms with van der Waals surface area (Å²) in [5.41, 5.74) is 4.53. The highest BCUT2D eigenvalue weighted by Gasteiger charge is 2.07. The predicted octanol–water partition coefficient (Wildman–Crippen LogP) is 4.36. The molecule has 0 atom stereocenters. The molecular formula is C17H15NO. The summed E-state index contributed by atoms with van der Waals surface area (Å²) in [5.74, 6) is 0.879. The van der Waals surface area contributed by atoms with Gasteiger partial charge in [0.05, 0.1) is 7.11 Å². The average Bonchev–Trinajstić information content (AvgIpc) is 2.98. The molecule has 0 aliphatic rings. The zero-order valence-electron chi connectivity index (χ0n) is 10.8. The van der Waals surface area contributed by atoms with Gasteiger partial charge in [0.15, 0.2) is 0 Å². The van der Waals surface area contributed by atoms with Gasteiger partial charge < -0.3 is 9.72 Å². The zero-order chi connectivity index (χ0) is 13.1. The van der Waals surface area contributed by atoms with Crippen LogP contribution in [0, 0.1) is 0 Å². The third kappa shape index (κ3) is 2.25. The summed E-state index contributed by atoms with van der Waals surface area (Å²) in [6, 6.07) is 20.5. The van der Waals surface area contributed by atoms with Crippen LogP contribution in [0.5, 0.6) is 5.75 Å². The molecule has 1 heterocycles. The van der Waals surface area contributed by atoms with Crippen molar-refractivity contribution >= 4 is 0 Å². The van der Waals surface area contributed by atoms with Gasteiger partial charge in [-0.25, -0.2) is 0 Å². The second kappa shape index (κ2) is 5.02. The first-order chi connectivity index (χ1) is 9.38. The van der Waals surface area contributed by atoms with Gasteiger partial charge in [0.1, 0.15) is 5.75 Å². The molecule has 0 saturated carbocycles. The van der Waals surface area contributed by atoms with Crippen LogP contribution in [0.25, 0.3) is 22.4 Å². The lowest BCUT2D eigenvalue weighted by Gasteiger charge is -2.05. The molecule has 0 aliphatic carbocycles. The van der Waals surface area contributed by atoms with Crippen molar-refractivity contribution in [1.82, 2.24) is 4.98 Å². The minimum atomic E-state index is 0.879. The Labute approximate surface area is 112 Å². The van der Waals surface area contributed by atoms with Crippen molar-refractivity contribution in [2.75, 3.05) is 7.11 Å². The number of aromatic amines is 1. The van der Waals surface area contributed by atoms with Crippen molar-refractivity contribution in [2.45, 2.75) is 0 Å². The fourth-order valence-electron chi connectivity index (χ4n) is 2.21. The van der Waals surface area contributed by atoms with E-state index in [0.29, 0.717) is 0 Å². The normalized spacial score (nSPS) is 10.4. The van der Waals surface area contributed by atoms with E-state index in [1.165, 1.54) is 11.1 Å². The maximum atomic E-state index is 5.39. The molecule has 1 N–H and O–H groups in total. The van der Waals surface area contributed by atoms with Gasteiger partial charge in [-0.2, -0.15) is 0 Å². The highest BCUT2D eigenvalue weighted by Crippen LogP contribution is 2.31. The van der Waals surface area contributed by atoms with Crippen molar-refractivity contribution < 1.29 is 4.74 Å². The zero-order valence-corrected chi connectivity index (χ0v) is 10.8. The smallest absolute Gasteiger partial charge is 0.128 e. The van der Waals surface area contributed by atoms with Crippen LogP contribution in [-0.4, -0.2) is 12.1 Å². The maximum absolute atomic E-state index is 5.39. The minimum absolute atomic E-state index is 0.879. The number of nitrogens with one attached hydrogen (secondary N) is 1. The monoisotopic (exact) mass is 249 g/mol. The lowest BCUT2D eigenvalue weighted by atomic mass is 10.1. The fraction of sp³-hybridized carbons (Fsp3) is 0.0588. The topological polar surface area (TPSA) is 25.0 Å². The Morgan fingerprint density at radius 2 is 1.58 bits per heavy atom. The van der Waals surface area contributed by atoms with Gasteiger partial charge in [-0.15, -0.1) is 0 Å². The molecule has 3 rings (SSSR count). The molecule has 0 saturated heterocycles. The second-order valence-corrected chi connectivity index (χ2v) is 4.37. The fourth-order valence-corrected chi connectivity index (χ4v) is 2.21. The Morgan fingerprint density at radius 1 is 0.842 bits per heavy atom. The third-order valence-electron chi connectivity index (χ3n) is 3.19. The Hall–Kier alpha value is -2.48. The van der Waals surface area contributed by atoms with E-state index in [0.717, 1.165) is 17.0 Å². The summed E-state index contributed by atoms with van der Waals surface area (Å²) in [5, 5.41) is 0. The number of benzene rings is 2. The van der Waals surface area contributed by atoms with Gasteiger partial charge in [-0.3, -0.25) is 0 Å². The Bertz CT molecular complexity index is 670. The number of hydrogen-bond acceptors (Lipinski definition) is 1. The number of aromatic nitrogens is 1. The summed E-state index contributed by atoms with van der Waals surface area (Å²) in [7, 11) is 1.69. The second-order valence-electron chi connectivity index (χ2n) is 4.37. The van der Waals surface area contributed by atoms with Crippen LogP contribution in [0.3, 0.4) is 0 Å². The van der Waals surface area contributed by atoms with Gasteiger partial charge in [0, 0.05) is 17.5 Å². The lowest BCUT2D eigenvalue weighted by molar-refractivity contribution is 0.416. The van der Waals surface area contributed by atoms with Crippen LogP contribution in [0.15, 0.2) is 66.9 Å². The lowest BCUT2D eigenvalue weighted by Crippen LogP contribution is -1.86. The molecule has 19 heavy (non-hydrogen) atoms. The first-order valence-corrected chi connectivity index (χ1v) is 6.26. The van der Waals surface area contributed by atoms with Gasteiger partial charge in [0.2, 0.25) is 0 Å². The number of ether oxygens (including phenoxy) is 1. The van der Waals surface area contributed by atoms with E-state index in [4.69, 9.17) is 4.74 Å². The number of methoxy groups -OCH3 is 1. The molecule has 0 aliphatic heterocycles. The van der Waals surface area contributed by atoms with Crippen LogP contribution < -0.4 is 4.74 Å². The molecule has 0 spiro atoms. The quantitative estimate of drug-likeness (QED) is 0.733. The van der Waals surface area contributed by atoms with Gasteiger partial charge in [-0.1, -0.05) is 42.5 Å². The summed E-state index contributed by atoms with van der Waals surface area (Å²) in [6.07, 6.45) is 2.02. The van der Waals surface area contributed by atoms with Crippen LogP contribution in [-0.2, 0) is 0 Å². The molecule has 0 bridgehead atoms. The molecule has 94 valence electrons. The highest BCUT2D eigenvalue weighted by molar-refractivity contribution is 5.74. The van der Waals surface area contributed by atoms with E-state index in [1.54, 1.807) is 7.11 Å². The van der Waals surface area contributed by atoms with E-state index in [1.807, 2.05) is 42.6 Å². The highest BCUT2D eigenvalue weighted by atomic mass is 16.5. The van der Waals surface area contributed by atoms with Gasteiger partial charge in [-0.05, 0) is 29.3 Å². The number of hydrogen-bond donors (Lipinski definition) is 1. The Balaban J connectivity index is 2.02. The summed E-state index contributed by atoms with van der Waals surface area (Å²) in [6.45, 7) is 0. The molecule has 2 nitrogen and oxygen atoms in total. The first-order valence-electron chi connectivity index (χ1n) is 6.26.